The van der Waals surface area contributed by atoms with Gasteiger partial charge in [0.05, 0.1) is 12.7 Å². The van der Waals surface area contributed by atoms with Crippen LogP contribution in [0.5, 0.6) is 0 Å². The topological polar surface area (TPSA) is 52.3 Å². The van der Waals surface area contributed by atoms with Gasteiger partial charge < -0.3 is 10.5 Å². The molecule has 1 aromatic rings. The van der Waals surface area contributed by atoms with Gasteiger partial charge in [0, 0.05) is 6.04 Å². The van der Waals surface area contributed by atoms with Gasteiger partial charge in [-0.2, -0.15) is 0 Å². The summed E-state index contributed by atoms with van der Waals surface area (Å²) >= 11 is 0. The highest BCUT2D eigenvalue weighted by atomic mass is 16.5. The molecule has 0 aliphatic rings. The minimum absolute atomic E-state index is 0.0609. The van der Waals surface area contributed by atoms with Crippen LogP contribution in [0.1, 0.15) is 28.4 Å². The third-order valence-corrected chi connectivity index (χ3v) is 2.18. The van der Waals surface area contributed by atoms with Gasteiger partial charge in [0.15, 0.2) is 0 Å². The van der Waals surface area contributed by atoms with Crippen LogP contribution in [-0.4, -0.2) is 13.1 Å². The summed E-state index contributed by atoms with van der Waals surface area (Å²) in [5, 5.41) is 0. The zero-order valence-electron chi connectivity index (χ0n) is 8.77. The van der Waals surface area contributed by atoms with Gasteiger partial charge in [0.1, 0.15) is 0 Å². The first kappa shape index (κ1) is 11.5. The Kier molecular flexibility index (Phi) is 4.06. The van der Waals surface area contributed by atoms with Gasteiger partial charge in [-0.05, 0) is 24.1 Å². The number of hydrogen-bond acceptors (Lipinski definition) is 3. The molecular weight excluding hydrogens is 190 g/mol. The van der Waals surface area contributed by atoms with Crippen LogP contribution in [-0.2, 0) is 4.74 Å². The Bertz CT molecular complexity index is 343. The van der Waals surface area contributed by atoms with Crippen molar-refractivity contribution in [2.45, 2.75) is 12.5 Å². The number of carbonyl (C=O) groups excluding carboxylic acids is 1. The highest BCUT2D eigenvalue weighted by Gasteiger charge is 2.07. The highest BCUT2D eigenvalue weighted by Crippen LogP contribution is 2.15. The monoisotopic (exact) mass is 205 g/mol. The first-order chi connectivity index (χ1) is 7.19. The zero-order valence-corrected chi connectivity index (χ0v) is 8.77. The number of nitrogens with two attached hydrogens (primary N) is 1. The van der Waals surface area contributed by atoms with E-state index in [-0.39, 0.29) is 12.0 Å². The van der Waals surface area contributed by atoms with E-state index in [1.807, 2.05) is 12.1 Å². The van der Waals surface area contributed by atoms with Gasteiger partial charge in [-0.3, -0.25) is 0 Å². The maximum atomic E-state index is 11.2. The second kappa shape index (κ2) is 5.32. The summed E-state index contributed by atoms with van der Waals surface area (Å²) in [6.07, 6.45) is 2.50. The number of ether oxygens (including phenoxy) is 1. The summed E-state index contributed by atoms with van der Waals surface area (Å²) < 4.78 is 4.60. The fraction of sp³-hybridized carbons (Fsp3) is 0.250. The van der Waals surface area contributed by atoms with E-state index in [1.165, 1.54) is 7.11 Å². The molecule has 1 aromatic carbocycles. The van der Waals surface area contributed by atoms with Crippen molar-refractivity contribution in [2.24, 2.45) is 5.73 Å². The molecule has 0 spiro atoms. The Morgan fingerprint density at radius 3 is 2.60 bits per heavy atom. The van der Waals surface area contributed by atoms with Crippen molar-refractivity contribution in [2.75, 3.05) is 7.11 Å². The van der Waals surface area contributed by atoms with Gasteiger partial charge in [0.25, 0.3) is 0 Å². The summed E-state index contributed by atoms with van der Waals surface area (Å²) in [5.74, 6) is -0.334. The Hall–Kier alpha value is -1.61. The number of hydrogen-bond donors (Lipinski definition) is 1. The van der Waals surface area contributed by atoms with Crippen molar-refractivity contribution >= 4 is 5.97 Å². The Morgan fingerprint density at radius 2 is 2.13 bits per heavy atom. The van der Waals surface area contributed by atoms with E-state index in [0.29, 0.717) is 5.56 Å². The molecule has 0 heterocycles. The van der Waals surface area contributed by atoms with Crippen LogP contribution in [0.25, 0.3) is 0 Å². The predicted molar refractivity (Wildman–Crippen MR) is 59.5 cm³/mol. The summed E-state index contributed by atoms with van der Waals surface area (Å²) in [6.45, 7) is 3.63. The van der Waals surface area contributed by atoms with Crippen molar-refractivity contribution in [1.29, 1.82) is 0 Å². The van der Waals surface area contributed by atoms with Crippen LogP contribution in [0.15, 0.2) is 36.9 Å². The summed E-state index contributed by atoms with van der Waals surface area (Å²) in [4.78, 5) is 11.2. The molecular formula is C12H15NO2. The van der Waals surface area contributed by atoms with Crippen LogP contribution >= 0.6 is 0 Å². The van der Waals surface area contributed by atoms with Crippen molar-refractivity contribution in [3.05, 3.63) is 48.0 Å². The van der Waals surface area contributed by atoms with E-state index in [4.69, 9.17) is 5.73 Å². The number of esters is 1. The smallest absolute Gasteiger partial charge is 0.337 e. The van der Waals surface area contributed by atoms with E-state index in [9.17, 15) is 4.79 Å². The van der Waals surface area contributed by atoms with Crippen LogP contribution in [0.3, 0.4) is 0 Å². The highest BCUT2D eigenvalue weighted by molar-refractivity contribution is 5.89. The quantitative estimate of drug-likeness (QED) is 0.604. The fourth-order valence-electron chi connectivity index (χ4n) is 1.30. The minimum Gasteiger partial charge on any atom is -0.465 e. The third-order valence-electron chi connectivity index (χ3n) is 2.18. The van der Waals surface area contributed by atoms with Crippen molar-refractivity contribution in [1.82, 2.24) is 0 Å². The number of benzene rings is 1. The van der Waals surface area contributed by atoms with E-state index in [1.54, 1.807) is 18.2 Å². The maximum Gasteiger partial charge on any atom is 0.337 e. The first-order valence-electron chi connectivity index (χ1n) is 4.73. The Morgan fingerprint density at radius 1 is 1.53 bits per heavy atom. The van der Waals surface area contributed by atoms with E-state index in [0.717, 1.165) is 12.0 Å². The molecule has 0 fully saturated rings. The van der Waals surface area contributed by atoms with Crippen LogP contribution in [0.2, 0.25) is 0 Å². The summed E-state index contributed by atoms with van der Waals surface area (Å²) in [6, 6.07) is 7.03. The molecule has 1 rings (SSSR count). The first-order valence-corrected chi connectivity index (χ1v) is 4.73. The van der Waals surface area contributed by atoms with Gasteiger partial charge in [-0.15, -0.1) is 6.58 Å². The lowest BCUT2D eigenvalue weighted by atomic mass is 10.0. The van der Waals surface area contributed by atoms with Gasteiger partial charge in [-0.25, -0.2) is 4.79 Å². The van der Waals surface area contributed by atoms with Crippen LogP contribution < -0.4 is 5.73 Å². The van der Waals surface area contributed by atoms with Gasteiger partial charge in [0.2, 0.25) is 0 Å². The Balaban J connectivity index is 2.80. The fourth-order valence-corrected chi connectivity index (χ4v) is 1.30. The molecule has 1 atom stereocenters. The maximum absolute atomic E-state index is 11.2. The average Bonchev–Trinajstić information content (AvgIpc) is 2.28. The van der Waals surface area contributed by atoms with Crippen molar-refractivity contribution < 1.29 is 9.53 Å². The Labute approximate surface area is 89.5 Å². The summed E-state index contributed by atoms with van der Waals surface area (Å²) in [5.41, 5.74) is 7.40. The van der Waals surface area contributed by atoms with E-state index in [2.05, 4.69) is 11.3 Å². The lowest BCUT2D eigenvalue weighted by molar-refractivity contribution is 0.0600. The SMILES string of the molecule is C=CC[C@@H](N)c1ccc(C(=O)OC)cc1. The molecule has 0 radical (unpaired) electrons. The molecule has 0 unspecified atom stereocenters. The molecule has 3 heteroatoms. The molecule has 2 N–H and O–H groups in total. The standard InChI is InChI=1S/C12H15NO2/c1-3-4-11(13)9-5-7-10(8-6-9)12(14)15-2/h3,5-8,11H,1,4,13H2,2H3/t11-/m1/s1. The van der Waals surface area contributed by atoms with E-state index < -0.39 is 0 Å². The normalized spacial score (nSPS) is 11.9. The molecule has 0 amide bonds. The lowest BCUT2D eigenvalue weighted by Gasteiger charge is -2.09. The molecule has 0 bridgehead atoms. The molecule has 0 aliphatic carbocycles. The lowest BCUT2D eigenvalue weighted by Crippen LogP contribution is -2.09. The number of methoxy groups -OCH3 is 1. The zero-order chi connectivity index (χ0) is 11.3. The van der Waals surface area contributed by atoms with Gasteiger partial charge in [-0.1, -0.05) is 18.2 Å². The largest absolute Gasteiger partial charge is 0.465 e. The molecule has 0 saturated heterocycles. The minimum atomic E-state index is -0.334. The molecule has 3 nitrogen and oxygen atoms in total. The molecule has 0 saturated carbocycles. The third kappa shape index (κ3) is 2.92. The average molecular weight is 205 g/mol. The molecule has 0 aromatic heterocycles. The number of rotatable bonds is 4. The number of carbonyl (C=O) groups is 1. The molecule has 80 valence electrons. The van der Waals surface area contributed by atoms with E-state index >= 15 is 0 Å². The summed E-state index contributed by atoms with van der Waals surface area (Å²) in [7, 11) is 1.36. The van der Waals surface area contributed by atoms with Gasteiger partial charge >= 0.3 is 5.97 Å². The molecule has 15 heavy (non-hydrogen) atoms. The van der Waals surface area contributed by atoms with Crippen LogP contribution in [0.4, 0.5) is 0 Å². The van der Waals surface area contributed by atoms with Crippen molar-refractivity contribution in [3.8, 4) is 0 Å². The van der Waals surface area contributed by atoms with Crippen molar-refractivity contribution in [3.63, 3.8) is 0 Å². The molecule has 0 aliphatic heterocycles. The second-order valence-electron chi connectivity index (χ2n) is 3.24. The predicted octanol–water partition coefficient (Wildman–Crippen LogP) is 2.05. The van der Waals surface area contributed by atoms with Crippen LogP contribution in [0, 0.1) is 0 Å². The second-order valence-corrected chi connectivity index (χ2v) is 3.24.